The molecule has 1 rings (SSSR count). The molecular weight excluding hydrogens is 268 g/mol. The molecule has 6 nitrogen and oxygen atoms in total. The fraction of sp³-hybridized carbons (Fsp3) is 0.833. The molecular formula is C12H22N2O4S. The van der Waals surface area contributed by atoms with Crippen molar-refractivity contribution in [2.75, 3.05) is 24.7 Å². The summed E-state index contributed by atoms with van der Waals surface area (Å²) in [6, 6.07) is -0.799. The molecule has 0 aromatic heterocycles. The summed E-state index contributed by atoms with van der Waals surface area (Å²) in [5.41, 5.74) is -1.06. The van der Waals surface area contributed by atoms with Gasteiger partial charge < -0.3 is 20.5 Å². The largest absolute Gasteiger partial charge is 0.481 e. The van der Waals surface area contributed by atoms with Gasteiger partial charge in [0.1, 0.15) is 5.41 Å². The molecule has 110 valence electrons. The van der Waals surface area contributed by atoms with Crippen molar-refractivity contribution in [2.45, 2.75) is 32.9 Å². The minimum atomic E-state index is -1.06. The second-order valence-electron chi connectivity index (χ2n) is 4.97. The lowest BCUT2D eigenvalue weighted by molar-refractivity contribution is -0.148. The van der Waals surface area contributed by atoms with Crippen LogP contribution in [-0.4, -0.2) is 53.9 Å². The maximum atomic E-state index is 11.8. The van der Waals surface area contributed by atoms with Gasteiger partial charge in [-0.2, -0.15) is 11.8 Å². The monoisotopic (exact) mass is 290 g/mol. The molecule has 1 fully saturated rings. The van der Waals surface area contributed by atoms with E-state index < -0.39 is 17.4 Å². The fourth-order valence-corrected chi connectivity index (χ4v) is 2.52. The molecule has 0 saturated carbocycles. The van der Waals surface area contributed by atoms with Crippen LogP contribution >= 0.6 is 11.8 Å². The number of urea groups is 1. The van der Waals surface area contributed by atoms with Crippen molar-refractivity contribution < 1.29 is 19.4 Å². The zero-order valence-electron chi connectivity index (χ0n) is 11.6. The van der Waals surface area contributed by atoms with Gasteiger partial charge in [-0.15, -0.1) is 0 Å². The van der Waals surface area contributed by atoms with Gasteiger partial charge in [-0.25, -0.2) is 4.79 Å². The molecule has 1 aliphatic heterocycles. The number of carboxylic acid groups (broad SMARTS) is 1. The number of amides is 2. The van der Waals surface area contributed by atoms with Crippen LogP contribution in [0.2, 0.25) is 0 Å². The lowest BCUT2D eigenvalue weighted by Gasteiger charge is -2.26. The second-order valence-corrected chi connectivity index (χ2v) is 6.29. The highest BCUT2D eigenvalue weighted by atomic mass is 32.2. The summed E-state index contributed by atoms with van der Waals surface area (Å²) in [6.07, 6.45) is 0. The molecule has 1 saturated heterocycles. The normalized spacial score (nSPS) is 27.8. The summed E-state index contributed by atoms with van der Waals surface area (Å²) in [5, 5.41) is 14.7. The molecule has 19 heavy (non-hydrogen) atoms. The minimum absolute atomic E-state index is 0.0448. The Kier molecular flexibility index (Phi) is 5.93. The van der Waals surface area contributed by atoms with Gasteiger partial charge in [0.25, 0.3) is 0 Å². The second kappa shape index (κ2) is 7.00. The summed E-state index contributed by atoms with van der Waals surface area (Å²) in [5.74, 6) is 0.882. The third-order valence-corrected chi connectivity index (χ3v) is 4.34. The molecule has 0 aromatic rings. The van der Waals surface area contributed by atoms with Crippen LogP contribution in [0.15, 0.2) is 0 Å². The van der Waals surface area contributed by atoms with E-state index in [1.165, 1.54) is 0 Å². The quantitative estimate of drug-likeness (QED) is 0.677. The van der Waals surface area contributed by atoms with Gasteiger partial charge in [-0.3, -0.25) is 4.79 Å². The van der Waals surface area contributed by atoms with E-state index in [4.69, 9.17) is 4.74 Å². The van der Waals surface area contributed by atoms with Crippen LogP contribution in [0.5, 0.6) is 0 Å². The van der Waals surface area contributed by atoms with Crippen LogP contribution in [0.3, 0.4) is 0 Å². The SMILES string of the molecule is CCSCC(C)NC(=O)NC1COCC1(C)C(=O)O. The maximum Gasteiger partial charge on any atom is 0.315 e. The molecule has 3 atom stereocenters. The van der Waals surface area contributed by atoms with Gasteiger partial charge in [0.2, 0.25) is 0 Å². The maximum absolute atomic E-state index is 11.8. The number of aliphatic carboxylic acids is 1. The number of carbonyl (C=O) groups excluding carboxylic acids is 1. The molecule has 7 heteroatoms. The highest BCUT2D eigenvalue weighted by Crippen LogP contribution is 2.28. The van der Waals surface area contributed by atoms with E-state index >= 15 is 0 Å². The highest BCUT2D eigenvalue weighted by molar-refractivity contribution is 7.99. The average molecular weight is 290 g/mol. The number of rotatable bonds is 6. The van der Waals surface area contributed by atoms with Gasteiger partial charge in [-0.1, -0.05) is 6.92 Å². The lowest BCUT2D eigenvalue weighted by atomic mass is 9.85. The van der Waals surface area contributed by atoms with Crippen molar-refractivity contribution in [1.29, 1.82) is 0 Å². The summed E-state index contributed by atoms with van der Waals surface area (Å²) >= 11 is 1.74. The van der Waals surface area contributed by atoms with E-state index in [1.54, 1.807) is 18.7 Å². The van der Waals surface area contributed by atoms with Crippen molar-refractivity contribution in [3.8, 4) is 0 Å². The Morgan fingerprint density at radius 1 is 1.58 bits per heavy atom. The van der Waals surface area contributed by atoms with Gasteiger partial charge in [-0.05, 0) is 19.6 Å². The van der Waals surface area contributed by atoms with Crippen LogP contribution in [0, 0.1) is 5.41 Å². The minimum Gasteiger partial charge on any atom is -0.481 e. The zero-order valence-corrected chi connectivity index (χ0v) is 12.4. The summed E-state index contributed by atoms with van der Waals surface area (Å²) < 4.78 is 5.18. The molecule has 3 N–H and O–H groups in total. The Morgan fingerprint density at radius 2 is 2.26 bits per heavy atom. The molecule has 1 heterocycles. The van der Waals surface area contributed by atoms with Crippen molar-refractivity contribution in [3.05, 3.63) is 0 Å². The fourth-order valence-electron chi connectivity index (χ4n) is 1.85. The van der Waals surface area contributed by atoms with Crippen LogP contribution in [0.1, 0.15) is 20.8 Å². The van der Waals surface area contributed by atoms with Crippen molar-refractivity contribution in [3.63, 3.8) is 0 Å². The molecule has 2 amide bonds. The molecule has 0 aliphatic carbocycles. The Bertz CT molecular complexity index is 340. The summed E-state index contributed by atoms with van der Waals surface area (Å²) in [7, 11) is 0. The molecule has 0 spiro atoms. The number of carboxylic acids is 1. The van der Waals surface area contributed by atoms with Gasteiger partial charge in [0.15, 0.2) is 0 Å². The van der Waals surface area contributed by atoms with E-state index in [0.29, 0.717) is 0 Å². The van der Waals surface area contributed by atoms with Crippen LogP contribution < -0.4 is 10.6 Å². The van der Waals surface area contributed by atoms with E-state index in [2.05, 4.69) is 17.6 Å². The number of thioether (sulfide) groups is 1. The highest BCUT2D eigenvalue weighted by Gasteiger charge is 2.47. The van der Waals surface area contributed by atoms with Gasteiger partial charge in [0, 0.05) is 11.8 Å². The van der Waals surface area contributed by atoms with E-state index in [-0.39, 0.29) is 25.3 Å². The summed E-state index contributed by atoms with van der Waals surface area (Å²) in [4.78, 5) is 23.0. The first-order valence-corrected chi connectivity index (χ1v) is 7.51. The topological polar surface area (TPSA) is 87.7 Å². The zero-order chi connectivity index (χ0) is 14.5. The van der Waals surface area contributed by atoms with Crippen LogP contribution in [-0.2, 0) is 9.53 Å². The first-order chi connectivity index (χ1) is 8.90. The predicted octanol–water partition coefficient (Wildman–Crippen LogP) is 0.917. The Morgan fingerprint density at radius 3 is 2.84 bits per heavy atom. The van der Waals surface area contributed by atoms with Crippen molar-refractivity contribution >= 4 is 23.8 Å². The molecule has 0 aromatic carbocycles. The molecule has 0 bridgehead atoms. The first kappa shape index (κ1) is 16.1. The Hall–Kier alpha value is -0.950. The van der Waals surface area contributed by atoms with Gasteiger partial charge >= 0.3 is 12.0 Å². The van der Waals surface area contributed by atoms with Crippen molar-refractivity contribution in [1.82, 2.24) is 10.6 Å². The van der Waals surface area contributed by atoms with Crippen LogP contribution in [0.4, 0.5) is 4.79 Å². The van der Waals surface area contributed by atoms with Crippen molar-refractivity contribution in [2.24, 2.45) is 5.41 Å². The number of ether oxygens (including phenoxy) is 1. The smallest absolute Gasteiger partial charge is 0.315 e. The number of hydrogen-bond acceptors (Lipinski definition) is 4. The van der Waals surface area contributed by atoms with E-state index in [0.717, 1.165) is 11.5 Å². The lowest BCUT2D eigenvalue weighted by Crippen LogP contribution is -2.53. The molecule has 3 unspecified atom stereocenters. The number of hydrogen-bond donors (Lipinski definition) is 3. The average Bonchev–Trinajstić information content (AvgIpc) is 2.69. The van der Waals surface area contributed by atoms with E-state index in [1.807, 2.05) is 6.92 Å². The van der Waals surface area contributed by atoms with Gasteiger partial charge in [0.05, 0.1) is 19.3 Å². The first-order valence-electron chi connectivity index (χ1n) is 6.36. The third-order valence-electron chi connectivity index (χ3n) is 3.20. The van der Waals surface area contributed by atoms with Crippen LogP contribution in [0.25, 0.3) is 0 Å². The Labute approximate surface area is 117 Å². The molecule has 1 aliphatic rings. The Balaban J connectivity index is 2.46. The molecule has 0 radical (unpaired) electrons. The standard InChI is InChI=1S/C12H22N2O4S/c1-4-19-6-8(2)13-11(17)14-9-5-18-7-12(9,3)10(15)16/h8-9H,4-7H2,1-3H3,(H,15,16)(H2,13,14,17). The number of carbonyl (C=O) groups is 2. The predicted molar refractivity (Wildman–Crippen MR) is 74.5 cm³/mol. The number of nitrogens with one attached hydrogen (secondary N) is 2. The third kappa shape index (κ3) is 4.28. The summed E-state index contributed by atoms with van der Waals surface area (Å²) in [6.45, 7) is 5.92. The van der Waals surface area contributed by atoms with E-state index in [9.17, 15) is 14.7 Å².